The van der Waals surface area contributed by atoms with Crippen LogP contribution in [0.1, 0.15) is 27.3 Å². The lowest BCUT2D eigenvalue weighted by molar-refractivity contribution is 0.0953. The Labute approximate surface area is 120 Å². The number of amides is 1. The number of nitrogens with one attached hydrogen (secondary N) is 1. The van der Waals surface area contributed by atoms with Crippen LogP contribution in [0.25, 0.3) is 0 Å². The van der Waals surface area contributed by atoms with E-state index in [2.05, 4.69) is 27.4 Å². The van der Waals surface area contributed by atoms with Crippen LogP contribution in [0, 0.1) is 11.8 Å². The van der Waals surface area contributed by atoms with Gasteiger partial charge in [0.2, 0.25) is 0 Å². The van der Waals surface area contributed by atoms with Crippen molar-refractivity contribution < 1.29 is 9.90 Å². The van der Waals surface area contributed by atoms with Crippen molar-refractivity contribution in [2.75, 3.05) is 6.61 Å². The molecular formula is C13H14N4O2S. The number of aliphatic hydroxyl groups is 1. The summed E-state index contributed by atoms with van der Waals surface area (Å²) in [7, 11) is 0. The molecule has 0 bridgehead atoms. The highest BCUT2D eigenvalue weighted by Gasteiger charge is 2.10. The number of rotatable bonds is 4. The van der Waals surface area contributed by atoms with Gasteiger partial charge in [-0.1, -0.05) is 11.8 Å². The molecule has 0 aliphatic carbocycles. The van der Waals surface area contributed by atoms with Crippen molar-refractivity contribution in [3.8, 4) is 11.8 Å². The Morgan fingerprint density at radius 3 is 3.15 bits per heavy atom. The topological polar surface area (TPSA) is 80.0 Å². The number of thiophene rings is 1. The van der Waals surface area contributed by atoms with E-state index in [1.54, 1.807) is 18.5 Å². The van der Waals surface area contributed by atoms with E-state index < -0.39 is 0 Å². The zero-order valence-corrected chi connectivity index (χ0v) is 11.8. The van der Waals surface area contributed by atoms with Gasteiger partial charge in [-0.15, -0.1) is 21.5 Å². The molecule has 6 nitrogen and oxygen atoms in total. The highest BCUT2D eigenvalue weighted by molar-refractivity contribution is 7.14. The number of hydrogen-bond donors (Lipinski definition) is 2. The maximum absolute atomic E-state index is 12.0. The number of aryl methyl sites for hydroxylation is 1. The molecule has 2 heterocycles. The third-order valence-electron chi connectivity index (χ3n) is 2.56. The molecule has 20 heavy (non-hydrogen) atoms. The van der Waals surface area contributed by atoms with Crippen LogP contribution in [0.15, 0.2) is 18.5 Å². The number of carbonyl (C=O) groups excluding carboxylic acids is 1. The molecular weight excluding hydrogens is 276 g/mol. The molecule has 1 amide bonds. The summed E-state index contributed by atoms with van der Waals surface area (Å²) >= 11 is 1.29. The van der Waals surface area contributed by atoms with E-state index in [-0.39, 0.29) is 12.5 Å². The Kier molecular flexibility index (Phi) is 4.87. The summed E-state index contributed by atoms with van der Waals surface area (Å²) in [6.07, 6.45) is 1.63. The zero-order valence-electron chi connectivity index (χ0n) is 11.0. The fraction of sp³-hybridized carbons (Fsp3) is 0.308. The third-order valence-corrected chi connectivity index (χ3v) is 3.56. The monoisotopic (exact) mass is 290 g/mol. The normalized spacial score (nSPS) is 9.90. The van der Waals surface area contributed by atoms with Crippen LogP contribution in [0.2, 0.25) is 0 Å². The Balaban J connectivity index is 1.96. The maximum atomic E-state index is 12.0. The molecule has 2 N–H and O–H groups in total. The molecule has 0 aliphatic rings. The number of aliphatic hydroxyl groups excluding tert-OH is 1. The van der Waals surface area contributed by atoms with Crippen LogP contribution in [0.3, 0.4) is 0 Å². The van der Waals surface area contributed by atoms with E-state index in [9.17, 15) is 4.79 Å². The fourth-order valence-corrected chi connectivity index (χ4v) is 2.38. The minimum absolute atomic E-state index is 0.169. The minimum Gasteiger partial charge on any atom is -0.384 e. The predicted octanol–water partition coefficient (Wildman–Crippen LogP) is 0.633. The van der Waals surface area contributed by atoms with Crippen LogP contribution in [-0.2, 0) is 13.1 Å². The fourth-order valence-electron chi connectivity index (χ4n) is 1.58. The lowest BCUT2D eigenvalue weighted by Gasteiger charge is -2.04. The molecule has 0 fully saturated rings. The zero-order chi connectivity index (χ0) is 14.4. The van der Waals surface area contributed by atoms with Crippen LogP contribution < -0.4 is 5.32 Å². The SMILES string of the molecule is CCn1cnnc1CNC(=O)c1ccc(C#CCO)s1. The lowest BCUT2D eigenvalue weighted by Crippen LogP contribution is -2.23. The summed E-state index contributed by atoms with van der Waals surface area (Å²) in [6.45, 7) is 2.90. The molecule has 0 aliphatic heterocycles. The number of aromatic nitrogens is 3. The summed E-state index contributed by atoms with van der Waals surface area (Å²) < 4.78 is 1.87. The highest BCUT2D eigenvalue weighted by atomic mass is 32.1. The molecule has 2 aromatic rings. The van der Waals surface area contributed by atoms with Crippen molar-refractivity contribution in [2.45, 2.75) is 20.0 Å². The van der Waals surface area contributed by atoms with Gasteiger partial charge in [-0.25, -0.2) is 0 Å². The van der Waals surface area contributed by atoms with Gasteiger partial charge in [0.15, 0.2) is 5.82 Å². The summed E-state index contributed by atoms with van der Waals surface area (Å²) in [5, 5.41) is 19.2. The lowest BCUT2D eigenvalue weighted by atomic mass is 10.4. The highest BCUT2D eigenvalue weighted by Crippen LogP contribution is 2.15. The van der Waals surface area contributed by atoms with Gasteiger partial charge in [0.05, 0.1) is 16.3 Å². The van der Waals surface area contributed by atoms with E-state index in [0.717, 1.165) is 17.2 Å². The van der Waals surface area contributed by atoms with Crippen molar-refractivity contribution in [1.82, 2.24) is 20.1 Å². The maximum Gasteiger partial charge on any atom is 0.261 e. The quantitative estimate of drug-likeness (QED) is 0.810. The van der Waals surface area contributed by atoms with Crippen molar-refractivity contribution in [3.63, 3.8) is 0 Å². The Bertz CT molecular complexity index is 651. The van der Waals surface area contributed by atoms with Crippen molar-refractivity contribution in [1.29, 1.82) is 0 Å². The van der Waals surface area contributed by atoms with E-state index in [4.69, 9.17) is 5.11 Å². The summed E-state index contributed by atoms with van der Waals surface area (Å²) in [5.74, 6) is 5.87. The van der Waals surface area contributed by atoms with E-state index in [1.165, 1.54) is 11.3 Å². The first-order chi connectivity index (χ1) is 9.74. The number of carbonyl (C=O) groups is 1. The van der Waals surface area contributed by atoms with Gasteiger partial charge >= 0.3 is 0 Å². The van der Waals surface area contributed by atoms with E-state index in [0.29, 0.717) is 11.4 Å². The summed E-state index contributed by atoms with van der Waals surface area (Å²) in [6, 6.07) is 3.47. The molecule has 0 saturated carbocycles. The first-order valence-electron chi connectivity index (χ1n) is 6.09. The number of nitrogens with zero attached hydrogens (tertiary/aromatic N) is 3. The van der Waals surface area contributed by atoms with Crippen molar-refractivity contribution in [2.24, 2.45) is 0 Å². The van der Waals surface area contributed by atoms with Crippen LogP contribution >= 0.6 is 11.3 Å². The molecule has 0 saturated heterocycles. The smallest absolute Gasteiger partial charge is 0.261 e. The van der Waals surface area contributed by atoms with Crippen LogP contribution in [0.4, 0.5) is 0 Å². The summed E-state index contributed by atoms with van der Waals surface area (Å²) in [4.78, 5) is 13.3. The first-order valence-corrected chi connectivity index (χ1v) is 6.90. The van der Waals surface area contributed by atoms with Gasteiger partial charge in [-0.2, -0.15) is 0 Å². The van der Waals surface area contributed by atoms with E-state index in [1.807, 2.05) is 11.5 Å². The molecule has 0 aromatic carbocycles. The average molecular weight is 290 g/mol. The number of hydrogen-bond acceptors (Lipinski definition) is 5. The Morgan fingerprint density at radius 1 is 1.55 bits per heavy atom. The Hall–Kier alpha value is -2.17. The van der Waals surface area contributed by atoms with E-state index >= 15 is 0 Å². The molecule has 0 unspecified atom stereocenters. The van der Waals surface area contributed by atoms with Crippen molar-refractivity contribution >= 4 is 17.2 Å². The molecule has 0 radical (unpaired) electrons. The second kappa shape index (κ2) is 6.84. The standard InChI is InChI=1S/C13H14N4O2S/c1-2-17-9-15-16-12(17)8-14-13(19)11-6-5-10(20-11)4-3-7-18/h5-6,9,18H,2,7-8H2,1H3,(H,14,19). The molecule has 0 atom stereocenters. The van der Waals surface area contributed by atoms with Crippen molar-refractivity contribution in [3.05, 3.63) is 34.0 Å². The molecule has 104 valence electrons. The van der Waals surface area contributed by atoms with Gasteiger partial charge < -0.3 is 15.0 Å². The van der Waals surface area contributed by atoms with Crippen LogP contribution in [-0.4, -0.2) is 32.4 Å². The molecule has 0 spiro atoms. The molecule has 7 heteroatoms. The Morgan fingerprint density at radius 2 is 2.40 bits per heavy atom. The average Bonchev–Trinajstić information content (AvgIpc) is 3.11. The van der Waals surface area contributed by atoms with Gasteiger partial charge in [0.25, 0.3) is 5.91 Å². The van der Waals surface area contributed by atoms with Gasteiger partial charge in [-0.3, -0.25) is 4.79 Å². The molecule has 2 aromatic heterocycles. The van der Waals surface area contributed by atoms with Gasteiger partial charge in [0.1, 0.15) is 12.9 Å². The van der Waals surface area contributed by atoms with Gasteiger partial charge in [-0.05, 0) is 19.1 Å². The van der Waals surface area contributed by atoms with Gasteiger partial charge in [0, 0.05) is 6.54 Å². The summed E-state index contributed by atoms with van der Waals surface area (Å²) in [5.41, 5.74) is 0. The second-order valence-corrected chi connectivity index (χ2v) is 4.92. The predicted molar refractivity (Wildman–Crippen MR) is 75.1 cm³/mol. The first kappa shape index (κ1) is 14.2. The second-order valence-electron chi connectivity index (χ2n) is 3.84. The molecule has 2 rings (SSSR count). The third kappa shape index (κ3) is 3.44. The largest absolute Gasteiger partial charge is 0.384 e. The van der Waals surface area contributed by atoms with Crippen LogP contribution in [0.5, 0.6) is 0 Å². The minimum atomic E-state index is -0.188.